The number of carbonyl (C=O) groups is 2. The van der Waals surface area contributed by atoms with E-state index in [1.54, 1.807) is 16.3 Å². The number of hydrogen-bond acceptors (Lipinski definition) is 6. The number of unbranched alkanes of at least 4 members (excludes halogenated alkanes) is 1. The van der Waals surface area contributed by atoms with Crippen molar-refractivity contribution in [2.24, 2.45) is 0 Å². The molecule has 0 atom stereocenters. The molecule has 8 nitrogen and oxygen atoms in total. The highest BCUT2D eigenvalue weighted by atomic mass is 19.4. The molecular formula is C27H33F3N4O4. The summed E-state index contributed by atoms with van der Waals surface area (Å²) in [6.45, 7) is 7.87. The normalized spacial score (nSPS) is 13.4. The number of amides is 1. The summed E-state index contributed by atoms with van der Waals surface area (Å²) in [5.74, 6) is -2.09. The number of phenolic OH excluding ortho intramolecular Hbond substituents is 1. The molecule has 0 fully saturated rings. The molecule has 0 radical (unpaired) electrons. The number of benzene rings is 1. The molecule has 2 aromatic rings. The third kappa shape index (κ3) is 6.81. The number of halogens is 3. The van der Waals surface area contributed by atoms with Gasteiger partial charge in [-0.3, -0.25) is 15.0 Å². The lowest BCUT2D eigenvalue weighted by Crippen LogP contribution is -2.37. The van der Waals surface area contributed by atoms with Gasteiger partial charge in [-0.05, 0) is 42.9 Å². The van der Waals surface area contributed by atoms with Crippen LogP contribution in [0.2, 0.25) is 0 Å². The number of alkyl halides is 3. The van der Waals surface area contributed by atoms with Crippen LogP contribution in [0.25, 0.3) is 0 Å². The van der Waals surface area contributed by atoms with Crippen LogP contribution in [0, 0.1) is 5.41 Å². The molecule has 1 aromatic carbocycles. The van der Waals surface area contributed by atoms with Crippen molar-refractivity contribution in [3.05, 3.63) is 52.3 Å². The Morgan fingerprint density at radius 1 is 1.18 bits per heavy atom. The first-order valence-corrected chi connectivity index (χ1v) is 12.4. The maximum atomic E-state index is 13.3. The number of pyridine rings is 1. The summed E-state index contributed by atoms with van der Waals surface area (Å²) in [5, 5.41) is 21.1. The number of carbonyl (C=O) groups excluding carboxylic acids is 2. The summed E-state index contributed by atoms with van der Waals surface area (Å²) in [7, 11) is 0. The molecule has 0 spiro atoms. The van der Waals surface area contributed by atoms with Gasteiger partial charge in [0.1, 0.15) is 11.5 Å². The van der Waals surface area contributed by atoms with Gasteiger partial charge < -0.3 is 20.1 Å². The molecular weight excluding hydrogens is 501 g/mol. The van der Waals surface area contributed by atoms with Gasteiger partial charge in [-0.1, -0.05) is 33.8 Å². The summed E-state index contributed by atoms with van der Waals surface area (Å²) in [5.41, 5.74) is 2.64. The number of rotatable bonds is 10. The smallest absolute Gasteiger partial charge is 0.471 e. The first-order chi connectivity index (χ1) is 17.7. The molecule has 0 unspecified atom stereocenters. The summed E-state index contributed by atoms with van der Waals surface area (Å²) in [4.78, 5) is 30.3. The van der Waals surface area contributed by atoms with Gasteiger partial charge in [0, 0.05) is 35.5 Å². The quantitative estimate of drug-likeness (QED) is 0.305. The SMILES string of the molecule is CCc1ccc2c(n1)C(=N)N(CC(=O)c1cc(OCCCCNC(=O)C(F)(F)F)c(O)c(C(C)(C)C)c1)C2. The van der Waals surface area contributed by atoms with Crippen LogP contribution in [0.4, 0.5) is 13.2 Å². The number of ether oxygens (including phenoxy) is 1. The molecule has 1 aromatic heterocycles. The molecule has 206 valence electrons. The van der Waals surface area contributed by atoms with Crippen LogP contribution < -0.4 is 10.1 Å². The average molecular weight is 535 g/mol. The van der Waals surface area contributed by atoms with Crippen molar-refractivity contribution in [1.82, 2.24) is 15.2 Å². The standard InChI is InChI=1S/C27H33F3N4O4/c1-5-18-9-8-16-14-34(24(31)22(16)33-18)15-20(35)17-12-19(26(2,3)4)23(36)21(13-17)38-11-7-6-10-32-25(37)27(28,29)30/h8-9,12-13,31,36H,5-7,10-11,14-15H2,1-4H3,(H,32,37). The molecule has 0 saturated heterocycles. The highest BCUT2D eigenvalue weighted by Gasteiger charge is 2.38. The van der Waals surface area contributed by atoms with Crippen molar-refractivity contribution < 1.29 is 32.6 Å². The molecule has 3 rings (SSSR count). The fourth-order valence-electron chi connectivity index (χ4n) is 4.05. The Kier molecular flexibility index (Phi) is 8.68. The van der Waals surface area contributed by atoms with Crippen molar-refractivity contribution in [3.8, 4) is 11.5 Å². The van der Waals surface area contributed by atoms with Crippen molar-refractivity contribution in [3.63, 3.8) is 0 Å². The predicted molar refractivity (Wildman–Crippen MR) is 136 cm³/mol. The van der Waals surface area contributed by atoms with Gasteiger partial charge in [0.2, 0.25) is 0 Å². The molecule has 1 aliphatic rings. The molecule has 1 amide bonds. The largest absolute Gasteiger partial charge is 0.504 e. The van der Waals surface area contributed by atoms with Gasteiger partial charge in [0.15, 0.2) is 17.3 Å². The maximum absolute atomic E-state index is 13.3. The van der Waals surface area contributed by atoms with E-state index in [1.807, 2.05) is 39.8 Å². The fourth-order valence-corrected chi connectivity index (χ4v) is 4.05. The number of aryl methyl sites for hydroxylation is 1. The van der Waals surface area contributed by atoms with Gasteiger partial charge in [0.25, 0.3) is 0 Å². The summed E-state index contributed by atoms with van der Waals surface area (Å²) < 4.78 is 42.5. The zero-order valence-electron chi connectivity index (χ0n) is 22.0. The third-order valence-corrected chi connectivity index (χ3v) is 6.21. The molecule has 0 bridgehead atoms. The van der Waals surface area contributed by atoms with E-state index in [2.05, 4.69) is 4.98 Å². The molecule has 0 aliphatic carbocycles. The monoisotopic (exact) mass is 534 g/mol. The number of nitrogens with one attached hydrogen (secondary N) is 2. The lowest BCUT2D eigenvalue weighted by atomic mass is 9.84. The number of hydrogen-bond donors (Lipinski definition) is 3. The number of amidine groups is 1. The second kappa shape index (κ2) is 11.4. The number of ketones is 1. The Labute approximate surface area is 219 Å². The number of aromatic nitrogens is 1. The van der Waals surface area contributed by atoms with Crippen LogP contribution in [-0.2, 0) is 23.2 Å². The van der Waals surface area contributed by atoms with E-state index in [9.17, 15) is 27.9 Å². The van der Waals surface area contributed by atoms with Gasteiger partial charge in [-0.15, -0.1) is 0 Å². The highest BCUT2D eigenvalue weighted by Crippen LogP contribution is 2.39. The molecule has 11 heteroatoms. The van der Waals surface area contributed by atoms with Crippen molar-refractivity contribution in [1.29, 1.82) is 5.41 Å². The maximum Gasteiger partial charge on any atom is 0.471 e. The zero-order chi connectivity index (χ0) is 28.3. The number of fused-ring (bicyclic) bond motifs is 1. The average Bonchev–Trinajstić information content (AvgIpc) is 3.14. The van der Waals surface area contributed by atoms with Gasteiger partial charge in [-0.25, -0.2) is 4.98 Å². The summed E-state index contributed by atoms with van der Waals surface area (Å²) >= 11 is 0. The molecule has 2 heterocycles. The topological polar surface area (TPSA) is 116 Å². The van der Waals surface area contributed by atoms with E-state index >= 15 is 0 Å². The summed E-state index contributed by atoms with van der Waals surface area (Å²) in [6.07, 6.45) is -3.63. The van der Waals surface area contributed by atoms with E-state index in [0.29, 0.717) is 29.8 Å². The number of Topliss-reactive ketones (excluding diaryl/α,β-unsaturated/α-hetero) is 1. The zero-order valence-corrected chi connectivity index (χ0v) is 22.0. The Bertz CT molecular complexity index is 1220. The van der Waals surface area contributed by atoms with E-state index in [4.69, 9.17) is 10.1 Å². The van der Waals surface area contributed by atoms with Gasteiger partial charge >= 0.3 is 12.1 Å². The Balaban J connectivity index is 1.69. The Morgan fingerprint density at radius 2 is 1.89 bits per heavy atom. The molecule has 0 saturated carbocycles. The van der Waals surface area contributed by atoms with Crippen molar-refractivity contribution >= 4 is 17.5 Å². The van der Waals surface area contributed by atoms with Crippen molar-refractivity contribution in [2.75, 3.05) is 19.7 Å². The highest BCUT2D eigenvalue weighted by molar-refractivity contribution is 6.04. The summed E-state index contributed by atoms with van der Waals surface area (Å²) in [6, 6.07) is 6.91. The molecule has 3 N–H and O–H groups in total. The third-order valence-electron chi connectivity index (χ3n) is 6.21. The van der Waals surface area contributed by atoms with Crippen LogP contribution in [-0.4, -0.2) is 58.4 Å². The number of phenols is 1. The van der Waals surface area contributed by atoms with E-state index in [0.717, 1.165) is 17.7 Å². The molecule has 38 heavy (non-hydrogen) atoms. The second-order valence-electron chi connectivity index (χ2n) is 10.2. The van der Waals surface area contributed by atoms with E-state index in [-0.39, 0.29) is 49.2 Å². The van der Waals surface area contributed by atoms with Gasteiger partial charge in [-0.2, -0.15) is 13.2 Å². The lowest BCUT2D eigenvalue weighted by molar-refractivity contribution is -0.173. The minimum absolute atomic E-state index is 0.0522. The first-order valence-electron chi connectivity index (χ1n) is 12.4. The van der Waals surface area contributed by atoms with Crippen LogP contribution in [0.3, 0.4) is 0 Å². The van der Waals surface area contributed by atoms with Crippen molar-refractivity contribution in [2.45, 2.75) is 65.1 Å². The fraction of sp³-hybridized carbons (Fsp3) is 0.481. The van der Waals surface area contributed by atoms with Crippen LogP contribution in [0.15, 0.2) is 24.3 Å². The minimum Gasteiger partial charge on any atom is -0.504 e. The predicted octanol–water partition coefficient (Wildman–Crippen LogP) is 4.51. The number of aromatic hydroxyl groups is 1. The van der Waals surface area contributed by atoms with Gasteiger partial charge in [0.05, 0.1) is 13.2 Å². The van der Waals surface area contributed by atoms with Crippen LogP contribution in [0.5, 0.6) is 11.5 Å². The first kappa shape index (κ1) is 28.9. The lowest BCUT2D eigenvalue weighted by Gasteiger charge is -2.24. The second-order valence-corrected chi connectivity index (χ2v) is 10.2. The number of nitrogens with zero attached hydrogens (tertiary/aromatic N) is 2. The Hall–Kier alpha value is -3.63. The van der Waals surface area contributed by atoms with E-state index in [1.165, 1.54) is 6.07 Å². The van der Waals surface area contributed by atoms with Crippen LogP contribution in [0.1, 0.15) is 73.4 Å². The minimum atomic E-state index is -4.93. The van der Waals surface area contributed by atoms with Crippen LogP contribution >= 0.6 is 0 Å². The van der Waals surface area contributed by atoms with E-state index < -0.39 is 17.5 Å². The molecule has 1 aliphatic heterocycles. The Morgan fingerprint density at radius 3 is 2.53 bits per heavy atom.